The zero-order valence-electron chi connectivity index (χ0n) is 16.6. The molecule has 1 amide bonds. The number of ether oxygens (including phenoxy) is 1. The molecule has 3 aromatic rings. The van der Waals surface area contributed by atoms with Crippen LogP contribution in [0.1, 0.15) is 5.56 Å². The summed E-state index contributed by atoms with van der Waals surface area (Å²) in [7, 11) is -2.77. The minimum atomic E-state index is -4.23. The monoisotopic (exact) mass is 462 g/mol. The average molecular weight is 463 g/mol. The van der Waals surface area contributed by atoms with E-state index in [0.29, 0.717) is 10.8 Å². The summed E-state index contributed by atoms with van der Waals surface area (Å²) in [6, 6.07) is 17.9. The normalized spacial score (nSPS) is 11.1. The SMILES string of the molecule is COc1ccc(S(=O)(=O)N(CC(=O)NCc2ccc(Cl)cc2)c2ccccc2F)cc1. The summed E-state index contributed by atoms with van der Waals surface area (Å²) < 4.78 is 46.8. The van der Waals surface area contributed by atoms with Crippen molar-refractivity contribution in [3.63, 3.8) is 0 Å². The Labute approximate surface area is 185 Å². The third-order valence-electron chi connectivity index (χ3n) is 4.46. The first kappa shape index (κ1) is 22.6. The quantitative estimate of drug-likeness (QED) is 0.549. The number of anilines is 1. The van der Waals surface area contributed by atoms with Crippen molar-refractivity contribution in [2.45, 2.75) is 11.4 Å². The van der Waals surface area contributed by atoms with Gasteiger partial charge in [-0.2, -0.15) is 0 Å². The van der Waals surface area contributed by atoms with Crippen molar-refractivity contribution in [3.05, 3.63) is 89.2 Å². The molecule has 0 aliphatic heterocycles. The molecule has 31 heavy (non-hydrogen) atoms. The number of nitrogens with zero attached hydrogens (tertiary/aromatic N) is 1. The third-order valence-corrected chi connectivity index (χ3v) is 6.48. The van der Waals surface area contributed by atoms with Crippen LogP contribution in [-0.4, -0.2) is 28.0 Å². The molecule has 0 aromatic heterocycles. The van der Waals surface area contributed by atoms with Crippen molar-refractivity contribution in [2.75, 3.05) is 18.0 Å². The number of rotatable bonds is 8. The topological polar surface area (TPSA) is 75.7 Å². The van der Waals surface area contributed by atoms with Gasteiger partial charge < -0.3 is 10.1 Å². The van der Waals surface area contributed by atoms with Gasteiger partial charge in [0.05, 0.1) is 17.7 Å². The number of carbonyl (C=O) groups excluding carboxylic acids is 1. The Bertz CT molecular complexity index is 1150. The second-order valence-electron chi connectivity index (χ2n) is 6.54. The lowest BCUT2D eigenvalue weighted by Crippen LogP contribution is -2.41. The predicted molar refractivity (Wildman–Crippen MR) is 117 cm³/mol. The van der Waals surface area contributed by atoms with Gasteiger partial charge in [-0.05, 0) is 54.1 Å². The highest BCUT2D eigenvalue weighted by molar-refractivity contribution is 7.92. The van der Waals surface area contributed by atoms with E-state index in [2.05, 4.69) is 5.32 Å². The maximum Gasteiger partial charge on any atom is 0.264 e. The molecule has 0 aliphatic rings. The highest BCUT2D eigenvalue weighted by Gasteiger charge is 2.29. The van der Waals surface area contributed by atoms with E-state index in [-0.39, 0.29) is 17.1 Å². The first-order valence-corrected chi connectivity index (χ1v) is 11.1. The van der Waals surface area contributed by atoms with Gasteiger partial charge in [-0.25, -0.2) is 12.8 Å². The van der Waals surface area contributed by atoms with E-state index in [1.54, 1.807) is 24.3 Å². The van der Waals surface area contributed by atoms with Crippen LogP contribution >= 0.6 is 11.6 Å². The molecular formula is C22H20ClFN2O4S. The van der Waals surface area contributed by atoms with E-state index in [1.807, 2.05) is 0 Å². The fourth-order valence-corrected chi connectivity index (χ4v) is 4.37. The molecule has 0 radical (unpaired) electrons. The lowest BCUT2D eigenvalue weighted by molar-refractivity contribution is -0.119. The molecule has 162 valence electrons. The van der Waals surface area contributed by atoms with Gasteiger partial charge in [-0.1, -0.05) is 35.9 Å². The Hall–Kier alpha value is -3.10. The molecule has 0 bridgehead atoms. The lowest BCUT2D eigenvalue weighted by Gasteiger charge is -2.24. The second kappa shape index (κ2) is 9.80. The van der Waals surface area contributed by atoms with Crippen molar-refractivity contribution in [3.8, 4) is 5.75 Å². The smallest absolute Gasteiger partial charge is 0.264 e. The van der Waals surface area contributed by atoms with Gasteiger partial charge in [0.1, 0.15) is 18.1 Å². The van der Waals surface area contributed by atoms with Crippen LogP contribution in [-0.2, 0) is 21.4 Å². The number of hydrogen-bond acceptors (Lipinski definition) is 4. The van der Waals surface area contributed by atoms with Crippen molar-refractivity contribution in [1.29, 1.82) is 0 Å². The van der Waals surface area contributed by atoms with E-state index in [1.165, 1.54) is 49.6 Å². The van der Waals surface area contributed by atoms with Gasteiger partial charge in [0.2, 0.25) is 5.91 Å². The largest absolute Gasteiger partial charge is 0.497 e. The summed E-state index contributed by atoms with van der Waals surface area (Å²) in [5.41, 5.74) is 0.563. The van der Waals surface area contributed by atoms with Crippen LogP contribution in [0, 0.1) is 5.82 Å². The number of para-hydroxylation sites is 1. The molecule has 0 saturated heterocycles. The Morgan fingerprint density at radius 3 is 2.29 bits per heavy atom. The zero-order valence-corrected chi connectivity index (χ0v) is 18.2. The number of carbonyl (C=O) groups is 1. The van der Waals surface area contributed by atoms with Crippen LogP contribution in [0.3, 0.4) is 0 Å². The van der Waals surface area contributed by atoms with Crippen LogP contribution in [0.4, 0.5) is 10.1 Å². The predicted octanol–water partition coefficient (Wildman–Crippen LogP) is 4.00. The first-order chi connectivity index (χ1) is 14.8. The fraction of sp³-hybridized carbons (Fsp3) is 0.136. The van der Waals surface area contributed by atoms with Crippen LogP contribution < -0.4 is 14.4 Å². The number of methoxy groups -OCH3 is 1. The summed E-state index contributed by atoms with van der Waals surface area (Å²) in [6.45, 7) is -0.424. The summed E-state index contributed by atoms with van der Waals surface area (Å²) >= 11 is 5.85. The van der Waals surface area contributed by atoms with Gasteiger partial charge in [-0.15, -0.1) is 0 Å². The van der Waals surface area contributed by atoms with Crippen molar-refractivity contribution in [2.24, 2.45) is 0 Å². The first-order valence-electron chi connectivity index (χ1n) is 9.24. The summed E-state index contributed by atoms with van der Waals surface area (Å²) in [5.74, 6) is -0.877. The Morgan fingerprint density at radius 1 is 1.03 bits per heavy atom. The highest BCUT2D eigenvalue weighted by atomic mass is 35.5. The van der Waals surface area contributed by atoms with E-state index < -0.39 is 28.3 Å². The maximum absolute atomic E-state index is 14.5. The maximum atomic E-state index is 14.5. The number of amides is 1. The molecule has 0 aliphatic carbocycles. The summed E-state index contributed by atoms with van der Waals surface area (Å²) in [5, 5.41) is 3.21. The van der Waals surface area contributed by atoms with Gasteiger partial charge in [0.25, 0.3) is 10.0 Å². The number of nitrogens with one attached hydrogen (secondary N) is 1. The minimum Gasteiger partial charge on any atom is -0.497 e. The molecule has 0 fully saturated rings. The van der Waals surface area contributed by atoms with Crippen LogP contribution in [0.2, 0.25) is 5.02 Å². The van der Waals surface area contributed by atoms with E-state index in [9.17, 15) is 17.6 Å². The Morgan fingerprint density at radius 2 is 1.68 bits per heavy atom. The van der Waals surface area contributed by atoms with Crippen molar-refractivity contribution < 1.29 is 22.3 Å². The molecule has 9 heteroatoms. The standard InChI is InChI=1S/C22H20ClFN2O4S/c1-30-18-10-12-19(13-11-18)31(28,29)26(21-5-3-2-4-20(21)24)15-22(27)25-14-16-6-8-17(23)9-7-16/h2-13H,14-15H2,1H3,(H,25,27). The van der Waals surface area contributed by atoms with Gasteiger partial charge >= 0.3 is 0 Å². The number of hydrogen-bond donors (Lipinski definition) is 1. The molecule has 0 unspecified atom stereocenters. The van der Waals surface area contributed by atoms with E-state index in [0.717, 1.165) is 15.9 Å². The highest BCUT2D eigenvalue weighted by Crippen LogP contribution is 2.27. The molecule has 0 saturated carbocycles. The van der Waals surface area contributed by atoms with Crippen LogP contribution in [0.5, 0.6) is 5.75 Å². The molecule has 3 rings (SSSR count). The van der Waals surface area contributed by atoms with Crippen LogP contribution in [0.15, 0.2) is 77.7 Å². The van der Waals surface area contributed by atoms with E-state index >= 15 is 0 Å². The summed E-state index contributed by atoms with van der Waals surface area (Å²) in [6.07, 6.45) is 0. The molecule has 1 N–H and O–H groups in total. The second-order valence-corrected chi connectivity index (χ2v) is 8.84. The van der Waals surface area contributed by atoms with Gasteiger partial charge in [0.15, 0.2) is 0 Å². The number of sulfonamides is 1. The number of benzene rings is 3. The molecule has 6 nitrogen and oxygen atoms in total. The lowest BCUT2D eigenvalue weighted by atomic mass is 10.2. The Kier molecular flexibility index (Phi) is 7.14. The average Bonchev–Trinajstić information content (AvgIpc) is 2.77. The van der Waals surface area contributed by atoms with Gasteiger partial charge in [0, 0.05) is 11.6 Å². The summed E-state index contributed by atoms with van der Waals surface area (Å²) in [4.78, 5) is 12.5. The van der Waals surface area contributed by atoms with E-state index in [4.69, 9.17) is 16.3 Å². The fourth-order valence-electron chi connectivity index (χ4n) is 2.82. The minimum absolute atomic E-state index is 0.0953. The molecule has 0 heterocycles. The molecular weight excluding hydrogens is 443 g/mol. The molecule has 0 spiro atoms. The number of halogens is 2. The third kappa shape index (κ3) is 5.53. The van der Waals surface area contributed by atoms with Crippen molar-refractivity contribution in [1.82, 2.24) is 5.32 Å². The van der Waals surface area contributed by atoms with Gasteiger partial charge in [-0.3, -0.25) is 9.10 Å². The van der Waals surface area contributed by atoms with Crippen molar-refractivity contribution >= 4 is 33.2 Å². The zero-order chi connectivity index (χ0) is 22.4. The Balaban J connectivity index is 1.86. The molecule has 3 aromatic carbocycles. The molecule has 0 atom stereocenters. The van der Waals surface area contributed by atoms with Crippen LogP contribution in [0.25, 0.3) is 0 Å².